The van der Waals surface area contributed by atoms with Crippen LogP contribution in [0.5, 0.6) is 5.75 Å². The van der Waals surface area contributed by atoms with Gasteiger partial charge in [0.2, 0.25) is 0 Å². The molecule has 0 bridgehead atoms. The van der Waals surface area contributed by atoms with Gasteiger partial charge in [0, 0.05) is 6.42 Å². The molecule has 21 heavy (non-hydrogen) atoms. The van der Waals surface area contributed by atoms with E-state index in [0.717, 1.165) is 17.7 Å². The van der Waals surface area contributed by atoms with Crippen LogP contribution in [-0.2, 0) is 11.3 Å². The molecule has 0 saturated carbocycles. The first-order valence-corrected chi connectivity index (χ1v) is 7.28. The lowest BCUT2D eigenvalue weighted by molar-refractivity contribution is 0.107. The van der Waals surface area contributed by atoms with E-state index in [1.807, 2.05) is 42.5 Å². The van der Waals surface area contributed by atoms with Gasteiger partial charge in [0.25, 0.3) is 0 Å². The summed E-state index contributed by atoms with van der Waals surface area (Å²) in [4.78, 5) is 0. The van der Waals surface area contributed by atoms with Crippen LogP contribution in [0.4, 0.5) is 0 Å². The van der Waals surface area contributed by atoms with Crippen molar-refractivity contribution in [2.75, 3.05) is 13.2 Å². The molecule has 2 aromatic rings. The Labute approximate surface area is 126 Å². The molecular formula is C18H22O3. The quantitative estimate of drug-likeness (QED) is 0.752. The molecule has 3 nitrogen and oxygen atoms in total. The van der Waals surface area contributed by atoms with Gasteiger partial charge in [-0.3, -0.25) is 0 Å². The van der Waals surface area contributed by atoms with Crippen LogP contribution >= 0.6 is 0 Å². The lowest BCUT2D eigenvalue weighted by Crippen LogP contribution is -2.03. The van der Waals surface area contributed by atoms with E-state index in [4.69, 9.17) is 9.47 Å². The minimum absolute atomic E-state index is 0.439. The Morgan fingerprint density at radius 3 is 2.33 bits per heavy atom. The molecule has 0 aliphatic heterocycles. The third-order valence-electron chi connectivity index (χ3n) is 3.18. The third kappa shape index (κ3) is 5.58. The highest BCUT2D eigenvalue weighted by molar-refractivity contribution is 5.28. The first-order valence-electron chi connectivity index (χ1n) is 7.28. The molecule has 1 N–H and O–H groups in total. The Balaban J connectivity index is 1.59. The van der Waals surface area contributed by atoms with Crippen molar-refractivity contribution < 1.29 is 14.6 Å². The van der Waals surface area contributed by atoms with Crippen molar-refractivity contribution >= 4 is 0 Å². The van der Waals surface area contributed by atoms with Crippen LogP contribution in [0.15, 0.2) is 54.6 Å². The summed E-state index contributed by atoms with van der Waals surface area (Å²) >= 11 is 0. The molecule has 1 atom stereocenters. The van der Waals surface area contributed by atoms with Gasteiger partial charge in [-0.1, -0.05) is 42.5 Å². The summed E-state index contributed by atoms with van der Waals surface area (Å²) in [7, 11) is 0. The number of ether oxygens (including phenoxy) is 2. The molecule has 2 rings (SSSR count). The van der Waals surface area contributed by atoms with Gasteiger partial charge in [0.1, 0.15) is 5.75 Å². The fourth-order valence-electron chi connectivity index (χ4n) is 1.96. The van der Waals surface area contributed by atoms with Crippen molar-refractivity contribution in [1.82, 2.24) is 0 Å². The second-order valence-corrected chi connectivity index (χ2v) is 4.99. The molecule has 2 aromatic carbocycles. The molecule has 0 fully saturated rings. The van der Waals surface area contributed by atoms with Crippen LogP contribution in [0.3, 0.4) is 0 Å². The number of benzene rings is 2. The van der Waals surface area contributed by atoms with Crippen LogP contribution < -0.4 is 4.74 Å². The second-order valence-electron chi connectivity index (χ2n) is 4.99. The predicted molar refractivity (Wildman–Crippen MR) is 83.3 cm³/mol. The number of hydrogen-bond acceptors (Lipinski definition) is 3. The predicted octanol–water partition coefficient (Wildman–Crippen LogP) is 3.73. The van der Waals surface area contributed by atoms with E-state index < -0.39 is 6.10 Å². The van der Waals surface area contributed by atoms with E-state index in [1.54, 1.807) is 6.92 Å². The van der Waals surface area contributed by atoms with Crippen molar-refractivity contribution in [3.63, 3.8) is 0 Å². The zero-order valence-corrected chi connectivity index (χ0v) is 12.4. The minimum atomic E-state index is -0.439. The normalized spacial score (nSPS) is 12.1. The van der Waals surface area contributed by atoms with Gasteiger partial charge in [-0.25, -0.2) is 0 Å². The largest absolute Gasteiger partial charge is 0.494 e. The van der Waals surface area contributed by atoms with Gasteiger partial charge in [-0.05, 0) is 30.2 Å². The molecule has 112 valence electrons. The Kier molecular flexibility index (Phi) is 6.25. The summed E-state index contributed by atoms with van der Waals surface area (Å²) < 4.78 is 11.2. The fraction of sp³-hybridized carbons (Fsp3) is 0.333. The molecule has 1 unspecified atom stereocenters. The summed E-state index contributed by atoms with van der Waals surface area (Å²) in [5.74, 6) is 0.822. The molecule has 0 saturated heterocycles. The zero-order valence-electron chi connectivity index (χ0n) is 12.4. The smallest absolute Gasteiger partial charge is 0.119 e. The zero-order chi connectivity index (χ0) is 14.9. The van der Waals surface area contributed by atoms with E-state index in [-0.39, 0.29) is 0 Å². The summed E-state index contributed by atoms with van der Waals surface area (Å²) in [5.41, 5.74) is 2.08. The number of aliphatic hydroxyl groups is 1. The monoisotopic (exact) mass is 286 g/mol. The van der Waals surface area contributed by atoms with Crippen LogP contribution in [0.1, 0.15) is 30.6 Å². The highest BCUT2D eigenvalue weighted by Crippen LogP contribution is 2.17. The summed E-state index contributed by atoms with van der Waals surface area (Å²) in [5, 5.41) is 9.42. The van der Waals surface area contributed by atoms with Crippen molar-refractivity contribution in [3.8, 4) is 5.75 Å². The molecule has 0 aromatic heterocycles. The van der Waals surface area contributed by atoms with Gasteiger partial charge in [-0.2, -0.15) is 0 Å². The van der Waals surface area contributed by atoms with Crippen molar-refractivity contribution in [2.45, 2.75) is 26.1 Å². The van der Waals surface area contributed by atoms with E-state index in [1.165, 1.54) is 5.56 Å². The maximum absolute atomic E-state index is 9.42. The SMILES string of the molecule is CC(O)c1ccc(OCCCOCc2ccccc2)cc1. The summed E-state index contributed by atoms with van der Waals surface area (Å²) in [6, 6.07) is 17.7. The van der Waals surface area contributed by atoms with Crippen LogP contribution in [0, 0.1) is 0 Å². The maximum Gasteiger partial charge on any atom is 0.119 e. The minimum Gasteiger partial charge on any atom is -0.494 e. The van der Waals surface area contributed by atoms with Crippen LogP contribution in [-0.4, -0.2) is 18.3 Å². The fourth-order valence-corrected chi connectivity index (χ4v) is 1.96. The Morgan fingerprint density at radius 2 is 1.67 bits per heavy atom. The standard InChI is InChI=1S/C18H22O3/c1-15(19)17-8-10-18(11-9-17)21-13-5-12-20-14-16-6-3-2-4-7-16/h2-4,6-11,15,19H,5,12-14H2,1H3. The number of rotatable bonds is 8. The average Bonchev–Trinajstić information content (AvgIpc) is 2.52. The van der Waals surface area contributed by atoms with Gasteiger partial charge in [0.15, 0.2) is 0 Å². The topological polar surface area (TPSA) is 38.7 Å². The molecule has 0 amide bonds. The third-order valence-corrected chi connectivity index (χ3v) is 3.18. The summed E-state index contributed by atoms with van der Waals surface area (Å²) in [6.45, 7) is 3.70. The molecule has 0 radical (unpaired) electrons. The summed E-state index contributed by atoms with van der Waals surface area (Å²) in [6.07, 6.45) is 0.413. The van der Waals surface area contributed by atoms with Gasteiger partial charge in [-0.15, -0.1) is 0 Å². The molecule has 0 heterocycles. The number of aliphatic hydroxyl groups excluding tert-OH is 1. The van der Waals surface area contributed by atoms with Gasteiger partial charge in [0.05, 0.1) is 25.9 Å². The lowest BCUT2D eigenvalue weighted by atomic mass is 10.1. The van der Waals surface area contributed by atoms with Crippen molar-refractivity contribution in [2.24, 2.45) is 0 Å². The number of hydrogen-bond donors (Lipinski definition) is 1. The first kappa shape index (κ1) is 15.5. The first-order chi connectivity index (χ1) is 10.3. The highest BCUT2D eigenvalue weighted by atomic mass is 16.5. The van der Waals surface area contributed by atoms with Crippen molar-refractivity contribution in [1.29, 1.82) is 0 Å². The van der Waals surface area contributed by atoms with Crippen LogP contribution in [0.2, 0.25) is 0 Å². The van der Waals surface area contributed by atoms with Gasteiger partial charge < -0.3 is 14.6 Å². The Hall–Kier alpha value is -1.84. The molecule has 0 aliphatic carbocycles. The Morgan fingerprint density at radius 1 is 0.952 bits per heavy atom. The van der Waals surface area contributed by atoms with E-state index >= 15 is 0 Å². The molecule has 3 heteroatoms. The van der Waals surface area contributed by atoms with E-state index in [9.17, 15) is 5.11 Å². The second kappa shape index (κ2) is 8.45. The molecule has 0 aliphatic rings. The molecular weight excluding hydrogens is 264 g/mol. The highest BCUT2D eigenvalue weighted by Gasteiger charge is 2.00. The van der Waals surface area contributed by atoms with E-state index in [0.29, 0.717) is 19.8 Å². The van der Waals surface area contributed by atoms with Gasteiger partial charge >= 0.3 is 0 Å². The Bertz CT molecular complexity index is 506. The lowest BCUT2D eigenvalue weighted by Gasteiger charge is -2.09. The van der Waals surface area contributed by atoms with E-state index in [2.05, 4.69) is 12.1 Å². The van der Waals surface area contributed by atoms with Crippen molar-refractivity contribution in [3.05, 3.63) is 65.7 Å². The van der Waals surface area contributed by atoms with Crippen LogP contribution in [0.25, 0.3) is 0 Å². The maximum atomic E-state index is 9.42. The molecule has 0 spiro atoms. The average molecular weight is 286 g/mol.